The molecule has 0 fully saturated rings. The molecule has 1 aromatic carbocycles. The molecule has 6 nitrogen and oxygen atoms in total. The van der Waals surface area contributed by atoms with Crippen molar-refractivity contribution in [1.29, 1.82) is 0 Å². The van der Waals surface area contributed by atoms with Crippen LogP contribution in [0, 0.1) is 5.82 Å². The van der Waals surface area contributed by atoms with Crippen molar-refractivity contribution in [2.24, 2.45) is 5.73 Å². The number of unbranched alkanes of at least 4 members (excludes halogenated alkanes) is 3. The minimum absolute atomic E-state index is 0.292. The fraction of sp³-hybridized carbons (Fsp3) is 0.368. The van der Waals surface area contributed by atoms with Crippen molar-refractivity contribution in [2.45, 2.75) is 32.6 Å². The Kier molecular flexibility index (Phi) is 7.67. The fourth-order valence-corrected chi connectivity index (χ4v) is 2.32. The molecule has 0 aliphatic heterocycles. The van der Waals surface area contributed by atoms with Gasteiger partial charge in [0, 0.05) is 23.4 Å². The van der Waals surface area contributed by atoms with Crippen LogP contribution in [0.15, 0.2) is 42.1 Å². The fourth-order valence-electron chi connectivity index (χ4n) is 2.32. The van der Waals surface area contributed by atoms with Gasteiger partial charge in [-0.25, -0.2) is 9.18 Å². The number of carbonyl (C=O) groups is 1. The highest BCUT2D eigenvalue weighted by atomic mass is 19.1. The normalized spacial score (nSPS) is 11.4. The first-order chi connectivity index (χ1) is 12.5. The Labute approximate surface area is 152 Å². The minimum Gasteiger partial charge on any atom is -0.477 e. The van der Waals surface area contributed by atoms with E-state index in [4.69, 9.17) is 15.2 Å². The predicted octanol–water partition coefficient (Wildman–Crippen LogP) is 3.56. The van der Waals surface area contributed by atoms with Gasteiger partial charge in [-0.15, -0.1) is 5.10 Å². The zero-order valence-electron chi connectivity index (χ0n) is 14.8. The number of nitrogens with one attached hydrogen (secondary N) is 1. The van der Waals surface area contributed by atoms with Crippen LogP contribution in [0.25, 0.3) is 11.3 Å². The Balaban J connectivity index is 1.58. The van der Waals surface area contributed by atoms with Crippen LogP contribution in [0.2, 0.25) is 0 Å². The summed E-state index contributed by atoms with van der Waals surface area (Å²) < 4.78 is 23.8. The Morgan fingerprint density at radius 2 is 2.00 bits per heavy atom. The van der Waals surface area contributed by atoms with E-state index < -0.39 is 5.97 Å². The second-order valence-corrected chi connectivity index (χ2v) is 5.95. The van der Waals surface area contributed by atoms with Crippen LogP contribution in [0.5, 0.6) is 5.88 Å². The van der Waals surface area contributed by atoms with Crippen LogP contribution in [0.1, 0.15) is 32.6 Å². The molecule has 0 saturated carbocycles. The van der Waals surface area contributed by atoms with E-state index in [9.17, 15) is 9.18 Å². The van der Waals surface area contributed by atoms with E-state index in [0.717, 1.165) is 31.2 Å². The van der Waals surface area contributed by atoms with E-state index in [1.165, 1.54) is 18.2 Å². The highest BCUT2D eigenvalue weighted by Gasteiger charge is 2.05. The summed E-state index contributed by atoms with van der Waals surface area (Å²) in [6, 6.07) is 8.04. The molecule has 2 rings (SSSR count). The standard InChI is InChI=1S/C19H24FN3O3/c1-14(21)11-19(24)26-10-5-3-2-4-9-25-18-13-17(22-23-18)15-7-6-8-16(20)12-15/h6-8,11-13H,2-5,9-10,21H2,1H3,(H,22,23)/b14-11-. The number of ether oxygens (including phenoxy) is 2. The molecule has 0 atom stereocenters. The van der Waals surface area contributed by atoms with Gasteiger partial charge in [0.1, 0.15) is 5.82 Å². The molecule has 0 spiro atoms. The second kappa shape index (κ2) is 10.2. The molecule has 140 valence electrons. The molecule has 2 aromatic rings. The molecule has 0 aliphatic rings. The topological polar surface area (TPSA) is 90.2 Å². The van der Waals surface area contributed by atoms with Gasteiger partial charge in [-0.2, -0.15) is 0 Å². The average Bonchev–Trinajstić information content (AvgIpc) is 3.05. The predicted molar refractivity (Wildman–Crippen MR) is 96.8 cm³/mol. The van der Waals surface area contributed by atoms with Crippen LogP contribution in [0.4, 0.5) is 4.39 Å². The maximum absolute atomic E-state index is 13.2. The number of aromatic amines is 1. The smallest absolute Gasteiger partial charge is 0.332 e. The monoisotopic (exact) mass is 361 g/mol. The highest BCUT2D eigenvalue weighted by Crippen LogP contribution is 2.21. The molecular formula is C19H24FN3O3. The lowest BCUT2D eigenvalue weighted by molar-refractivity contribution is -0.137. The number of H-pyrrole nitrogens is 1. The zero-order chi connectivity index (χ0) is 18.8. The van der Waals surface area contributed by atoms with Gasteiger partial charge in [-0.3, -0.25) is 5.10 Å². The molecule has 1 heterocycles. The van der Waals surface area contributed by atoms with E-state index in [0.29, 0.717) is 30.5 Å². The van der Waals surface area contributed by atoms with Crippen LogP contribution in [-0.2, 0) is 9.53 Å². The summed E-state index contributed by atoms with van der Waals surface area (Å²) in [5.41, 5.74) is 7.26. The number of hydrogen-bond donors (Lipinski definition) is 2. The average molecular weight is 361 g/mol. The van der Waals surface area contributed by atoms with Crippen LogP contribution < -0.4 is 10.5 Å². The van der Waals surface area contributed by atoms with Gasteiger partial charge in [0.2, 0.25) is 5.88 Å². The molecular weight excluding hydrogens is 337 g/mol. The number of benzene rings is 1. The summed E-state index contributed by atoms with van der Waals surface area (Å²) in [5.74, 6) is -0.206. The Bertz CT molecular complexity index is 739. The third-order valence-corrected chi connectivity index (χ3v) is 3.57. The lowest BCUT2D eigenvalue weighted by atomic mass is 10.1. The van der Waals surface area contributed by atoms with Gasteiger partial charge >= 0.3 is 5.97 Å². The Morgan fingerprint density at radius 1 is 1.23 bits per heavy atom. The quantitative estimate of drug-likeness (QED) is 0.384. The molecule has 0 amide bonds. The van der Waals surface area contributed by atoms with Crippen LogP contribution in [-0.4, -0.2) is 29.4 Å². The lowest BCUT2D eigenvalue weighted by Crippen LogP contribution is -2.05. The number of carbonyl (C=O) groups excluding carboxylic acids is 1. The number of esters is 1. The number of halogens is 1. The molecule has 26 heavy (non-hydrogen) atoms. The zero-order valence-corrected chi connectivity index (χ0v) is 14.8. The molecule has 0 unspecified atom stereocenters. The summed E-state index contributed by atoms with van der Waals surface area (Å²) in [6.07, 6.45) is 4.85. The number of allylic oxidation sites excluding steroid dienone is 1. The maximum atomic E-state index is 13.2. The van der Waals surface area contributed by atoms with Crippen molar-refractivity contribution >= 4 is 5.97 Å². The van der Waals surface area contributed by atoms with Crippen molar-refractivity contribution in [3.8, 4) is 17.1 Å². The van der Waals surface area contributed by atoms with Gasteiger partial charge in [-0.05, 0) is 44.7 Å². The highest BCUT2D eigenvalue weighted by molar-refractivity contribution is 5.82. The lowest BCUT2D eigenvalue weighted by Gasteiger charge is -2.04. The molecule has 0 radical (unpaired) electrons. The maximum Gasteiger partial charge on any atom is 0.332 e. The van der Waals surface area contributed by atoms with Crippen molar-refractivity contribution in [1.82, 2.24) is 10.2 Å². The first kappa shape index (κ1) is 19.5. The van der Waals surface area contributed by atoms with E-state index >= 15 is 0 Å². The second-order valence-electron chi connectivity index (χ2n) is 5.95. The largest absolute Gasteiger partial charge is 0.477 e. The summed E-state index contributed by atoms with van der Waals surface area (Å²) in [4.78, 5) is 11.2. The number of nitrogens with two attached hydrogens (primary N) is 1. The molecule has 0 saturated heterocycles. The van der Waals surface area contributed by atoms with Gasteiger partial charge < -0.3 is 15.2 Å². The van der Waals surface area contributed by atoms with Crippen molar-refractivity contribution < 1.29 is 18.7 Å². The first-order valence-corrected chi connectivity index (χ1v) is 8.59. The van der Waals surface area contributed by atoms with Gasteiger partial charge in [-0.1, -0.05) is 12.1 Å². The molecule has 3 N–H and O–H groups in total. The minimum atomic E-state index is -0.402. The number of nitrogens with zero attached hydrogens (tertiary/aromatic N) is 1. The summed E-state index contributed by atoms with van der Waals surface area (Å²) in [6.45, 7) is 2.57. The van der Waals surface area contributed by atoms with Crippen LogP contribution in [0.3, 0.4) is 0 Å². The summed E-state index contributed by atoms with van der Waals surface area (Å²) in [7, 11) is 0. The van der Waals surface area contributed by atoms with E-state index in [2.05, 4.69) is 10.2 Å². The first-order valence-electron chi connectivity index (χ1n) is 8.59. The van der Waals surface area contributed by atoms with Gasteiger partial charge in [0.25, 0.3) is 0 Å². The van der Waals surface area contributed by atoms with Gasteiger partial charge in [0.05, 0.1) is 18.9 Å². The molecule has 0 aliphatic carbocycles. The number of hydrogen-bond acceptors (Lipinski definition) is 5. The van der Waals surface area contributed by atoms with E-state index in [1.54, 1.807) is 25.1 Å². The molecule has 1 aromatic heterocycles. The summed E-state index contributed by atoms with van der Waals surface area (Å²) in [5, 5.41) is 6.91. The SMILES string of the molecule is C/C(N)=C/C(=O)OCCCCCCOc1cc(-c2cccc(F)c2)[nH]n1. The van der Waals surface area contributed by atoms with Crippen molar-refractivity contribution in [3.63, 3.8) is 0 Å². The molecule has 7 heteroatoms. The van der Waals surface area contributed by atoms with E-state index in [1.807, 2.05) is 0 Å². The molecule has 0 bridgehead atoms. The van der Waals surface area contributed by atoms with Crippen molar-refractivity contribution in [3.05, 3.63) is 47.9 Å². The Hall–Kier alpha value is -2.83. The number of aromatic nitrogens is 2. The Morgan fingerprint density at radius 3 is 2.73 bits per heavy atom. The third kappa shape index (κ3) is 6.96. The van der Waals surface area contributed by atoms with Gasteiger partial charge in [0.15, 0.2) is 0 Å². The number of rotatable bonds is 10. The summed E-state index contributed by atoms with van der Waals surface area (Å²) >= 11 is 0. The third-order valence-electron chi connectivity index (χ3n) is 3.57. The van der Waals surface area contributed by atoms with Crippen molar-refractivity contribution in [2.75, 3.05) is 13.2 Å². The van der Waals surface area contributed by atoms with Crippen LogP contribution >= 0.6 is 0 Å². The van der Waals surface area contributed by atoms with E-state index in [-0.39, 0.29) is 5.82 Å².